The van der Waals surface area contributed by atoms with Crippen LogP contribution in [0.1, 0.15) is 31.7 Å². The van der Waals surface area contributed by atoms with Crippen LogP contribution >= 0.6 is 0 Å². The van der Waals surface area contributed by atoms with E-state index in [-0.39, 0.29) is 36.1 Å². The first kappa shape index (κ1) is 22.7. The molecule has 5 nitrogen and oxygen atoms in total. The van der Waals surface area contributed by atoms with Crippen LogP contribution in [0.15, 0.2) is 48.5 Å². The summed E-state index contributed by atoms with van der Waals surface area (Å²) >= 11 is 0. The van der Waals surface area contributed by atoms with Crippen molar-refractivity contribution in [3.63, 3.8) is 0 Å². The number of carbonyl (C=O) groups excluding carboxylic acids is 2. The zero-order valence-corrected chi connectivity index (χ0v) is 17.7. The molecule has 0 aromatic heterocycles. The molecule has 7 heteroatoms. The zero-order chi connectivity index (χ0) is 22.2. The van der Waals surface area contributed by atoms with Crippen LogP contribution in [0, 0.1) is 17.6 Å². The van der Waals surface area contributed by atoms with Gasteiger partial charge in [-0.15, -0.1) is 0 Å². The molecule has 166 valence electrons. The summed E-state index contributed by atoms with van der Waals surface area (Å²) in [5.74, 6) is -0.817. The van der Waals surface area contributed by atoms with Crippen molar-refractivity contribution in [1.82, 2.24) is 10.2 Å². The third-order valence-electron chi connectivity index (χ3n) is 5.51. The number of ether oxygens (including phenoxy) is 1. The molecule has 0 bridgehead atoms. The maximum atomic E-state index is 13.8. The standard InChI is InChI=1S/C24H28F2N2O3/c1-17(16-20-21(25)8-5-9-22(20)26)27-24(30)18-10-13-28(14-11-18)23(29)12-15-31-19-6-3-2-4-7-19/h2-9,17-18H,10-16H2,1H3,(H,27,30). The van der Waals surface area contributed by atoms with E-state index in [1.54, 1.807) is 11.8 Å². The lowest BCUT2D eigenvalue weighted by Crippen LogP contribution is -2.45. The summed E-state index contributed by atoms with van der Waals surface area (Å²) < 4.78 is 33.2. The maximum absolute atomic E-state index is 13.8. The van der Waals surface area contributed by atoms with E-state index >= 15 is 0 Å². The second-order valence-electron chi connectivity index (χ2n) is 7.88. The number of likely N-dealkylation sites (tertiary alicyclic amines) is 1. The summed E-state index contributed by atoms with van der Waals surface area (Å²) in [7, 11) is 0. The fourth-order valence-electron chi connectivity index (χ4n) is 3.77. The highest BCUT2D eigenvalue weighted by atomic mass is 19.1. The number of piperidine rings is 1. The molecule has 1 N–H and O–H groups in total. The largest absolute Gasteiger partial charge is 0.493 e. The van der Waals surface area contributed by atoms with Crippen LogP contribution in [-0.4, -0.2) is 42.5 Å². The molecule has 2 aromatic carbocycles. The van der Waals surface area contributed by atoms with Gasteiger partial charge in [0, 0.05) is 30.6 Å². The second kappa shape index (κ2) is 10.9. The van der Waals surface area contributed by atoms with E-state index in [0.717, 1.165) is 5.75 Å². The van der Waals surface area contributed by atoms with E-state index in [1.807, 2.05) is 30.3 Å². The fraction of sp³-hybridized carbons (Fsp3) is 0.417. The van der Waals surface area contributed by atoms with Crippen LogP contribution in [-0.2, 0) is 16.0 Å². The topological polar surface area (TPSA) is 58.6 Å². The Morgan fingerprint density at radius 2 is 1.71 bits per heavy atom. The molecule has 1 atom stereocenters. The lowest BCUT2D eigenvalue weighted by atomic mass is 9.95. The molecule has 31 heavy (non-hydrogen) atoms. The van der Waals surface area contributed by atoms with Gasteiger partial charge in [0.25, 0.3) is 0 Å². The van der Waals surface area contributed by atoms with Crippen LogP contribution in [0.25, 0.3) is 0 Å². The van der Waals surface area contributed by atoms with Crippen LogP contribution in [0.5, 0.6) is 5.75 Å². The Bertz CT molecular complexity index is 863. The quantitative estimate of drug-likeness (QED) is 0.695. The molecular formula is C24H28F2N2O3. The molecule has 0 spiro atoms. The van der Waals surface area contributed by atoms with Gasteiger partial charge in [-0.25, -0.2) is 8.78 Å². The Kier molecular flexibility index (Phi) is 7.98. The van der Waals surface area contributed by atoms with E-state index in [9.17, 15) is 18.4 Å². The number of halogens is 2. The van der Waals surface area contributed by atoms with Crippen molar-refractivity contribution >= 4 is 11.8 Å². The number of hydrogen-bond donors (Lipinski definition) is 1. The Balaban J connectivity index is 1.39. The predicted octanol–water partition coefficient (Wildman–Crippen LogP) is 3.72. The monoisotopic (exact) mass is 430 g/mol. The Morgan fingerprint density at radius 3 is 2.35 bits per heavy atom. The average Bonchev–Trinajstić information content (AvgIpc) is 2.77. The number of nitrogens with one attached hydrogen (secondary N) is 1. The van der Waals surface area contributed by atoms with E-state index in [1.165, 1.54) is 18.2 Å². The number of rotatable bonds is 8. The molecule has 1 fully saturated rings. The van der Waals surface area contributed by atoms with E-state index in [0.29, 0.717) is 32.5 Å². The average molecular weight is 430 g/mol. The molecule has 2 amide bonds. The third kappa shape index (κ3) is 6.51. The summed E-state index contributed by atoms with van der Waals surface area (Å²) in [6.45, 7) is 3.07. The zero-order valence-electron chi connectivity index (χ0n) is 17.7. The number of benzene rings is 2. The van der Waals surface area contributed by atoms with Crippen LogP contribution < -0.4 is 10.1 Å². The van der Waals surface area contributed by atoms with E-state index in [4.69, 9.17) is 4.74 Å². The van der Waals surface area contributed by atoms with Crippen molar-refractivity contribution in [2.45, 2.75) is 38.6 Å². The number of nitrogens with zero attached hydrogens (tertiary/aromatic N) is 1. The molecule has 2 aromatic rings. The third-order valence-corrected chi connectivity index (χ3v) is 5.51. The van der Waals surface area contributed by atoms with Gasteiger partial charge in [0.1, 0.15) is 17.4 Å². The van der Waals surface area contributed by atoms with Gasteiger partial charge in [0.15, 0.2) is 0 Å². The molecule has 3 rings (SSSR count). The Labute approximate surface area is 181 Å². The van der Waals surface area contributed by atoms with Crippen molar-refractivity contribution in [3.05, 3.63) is 65.7 Å². The van der Waals surface area contributed by atoms with Gasteiger partial charge < -0.3 is 15.0 Å². The van der Waals surface area contributed by atoms with Crippen molar-refractivity contribution < 1.29 is 23.1 Å². The van der Waals surface area contributed by atoms with Gasteiger partial charge in [0.05, 0.1) is 13.0 Å². The predicted molar refractivity (Wildman–Crippen MR) is 114 cm³/mol. The molecule has 0 radical (unpaired) electrons. The number of amides is 2. The SMILES string of the molecule is CC(Cc1c(F)cccc1F)NC(=O)C1CCN(C(=O)CCOc2ccccc2)CC1. The van der Waals surface area contributed by atoms with Gasteiger partial charge in [0.2, 0.25) is 11.8 Å². The summed E-state index contributed by atoms with van der Waals surface area (Å²) in [5, 5.41) is 2.85. The van der Waals surface area contributed by atoms with Crippen LogP contribution in [0.3, 0.4) is 0 Å². The minimum atomic E-state index is -0.607. The Hall–Kier alpha value is -2.96. The Morgan fingerprint density at radius 1 is 1.06 bits per heavy atom. The molecule has 0 aliphatic carbocycles. The number of hydrogen-bond acceptors (Lipinski definition) is 3. The van der Waals surface area contributed by atoms with Crippen molar-refractivity contribution in [2.75, 3.05) is 19.7 Å². The summed E-state index contributed by atoms with van der Waals surface area (Å²) in [5.41, 5.74) is -0.0200. The van der Waals surface area contributed by atoms with Crippen molar-refractivity contribution in [2.24, 2.45) is 5.92 Å². The first-order valence-electron chi connectivity index (χ1n) is 10.6. The van der Waals surface area contributed by atoms with Gasteiger partial charge in [-0.05, 0) is 50.5 Å². The molecule has 1 aliphatic rings. The van der Waals surface area contributed by atoms with E-state index in [2.05, 4.69) is 5.32 Å². The molecule has 1 heterocycles. The molecular weight excluding hydrogens is 402 g/mol. The lowest BCUT2D eigenvalue weighted by Gasteiger charge is -2.32. The first-order valence-corrected chi connectivity index (χ1v) is 10.6. The van der Waals surface area contributed by atoms with Crippen molar-refractivity contribution in [3.8, 4) is 5.75 Å². The van der Waals surface area contributed by atoms with Gasteiger partial charge in [-0.3, -0.25) is 9.59 Å². The second-order valence-corrected chi connectivity index (χ2v) is 7.88. The first-order chi connectivity index (χ1) is 14.9. The van der Waals surface area contributed by atoms with Gasteiger partial charge in [-0.2, -0.15) is 0 Å². The van der Waals surface area contributed by atoms with Crippen LogP contribution in [0.2, 0.25) is 0 Å². The summed E-state index contributed by atoms with van der Waals surface area (Å²) in [6, 6.07) is 12.7. The highest BCUT2D eigenvalue weighted by Gasteiger charge is 2.28. The molecule has 1 aliphatic heterocycles. The van der Waals surface area contributed by atoms with Gasteiger partial charge >= 0.3 is 0 Å². The summed E-state index contributed by atoms with van der Waals surface area (Å²) in [6.07, 6.45) is 1.51. The smallest absolute Gasteiger partial charge is 0.225 e. The number of carbonyl (C=O) groups is 2. The van der Waals surface area contributed by atoms with Crippen molar-refractivity contribution in [1.29, 1.82) is 0 Å². The molecule has 1 saturated heterocycles. The van der Waals surface area contributed by atoms with Gasteiger partial charge in [-0.1, -0.05) is 24.3 Å². The van der Waals surface area contributed by atoms with Crippen LogP contribution in [0.4, 0.5) is 8.78 Å². The summed E-state index contributed by atoms with van der Waals surface area (Å²) in [4.78, 5) is 26.7. The minimum Gasteiger partial charge on any atom is -0.493 e. The highest BCUT2D eigenvalue weighted by molar-refractivity contribution is 5.80. The fourth-order valence-corrected chi connectivity index (χ4v) is 3.77. The maximum Gasteiger partial charge on any atom is 0.225 e. The van der Waals surface area contributed by atoms with E-state index < -0.39 is 17.7 Å². The number of para-hydroxylation sites is 1. The molecule has 1 unspecified atom stereocenters. The lowest BCUT2D eigenvalue weighted by molar-refractivity contribution is -0.136. The minimum absolute atomic E-state index is 0.0122. The highest BCUT2D eigenvalue weighted by Crippen LogP contribution is 2.20. The molecule has 0 saturated carbocycles. The normalized spacial score (nSPS) is 15.4.